The van der Waals surface area contributed by atoms with Crippen LogP contribution in [0, 0.1) is 10.8 Å². The summed E-state index contributed by atoms with van der Waals surface area (Å²) >= 11 is 0. The molecule has 2 saturated carbocycles. The van der Waals surface area contributed by atoms with Crippen molar-refractivity contribution in [3.8, 4) is 0 Å². The first-order valence-corrected chi connectivity index (χ1v) is 5.51. The maximum atomic E-state index is 11.9. The Kier molecular flexibility index (Phi) is 2.11. The molecule has 2 aliphatic carbocycles. The normalized spacial score (nSPS) is 31.8. The Hall–Kier alpha value is -0.570. The molecule has 0 heterocycles. The van der Waals surface area contributed by atoms with E-state index in [-0.39, 0.29) is 11.3 Å². The van der Waals surface area contributed by atoms with Gasteiger partial charge in [-0.15, -0.1) is 0 Å². The summed E-state index contributed by atoms with van der Waals surface area (Å²) in [6.45, 7) is 4.88. The van der Waals surface area contributed by atoms with Gasteiger partial charge in [-0.3, -0.25) is 4.79 Å². The number of amides is 1. The second kappa shape index (κ2) is 2.96. The van der Waals surface area contributed by atoms with Crippen molar-refractivity contribution in [1.82, 2.24) is 5.32 Å². The van der Waals surface area contributed by atoms with Gasteiger partial charge < -0.3 is 11.1 Å². The van der Waals surface area contributed by atoms with Crippen LogP contribution in [0.1, 0.15) is 39.5 Å². The third kappa shape index (κ3) is 1.44. The Morgan fingerprint density at radius 1 is 1.50 bits per heavy atom. The van der Waals surface area contributed by atoms with Gasteiger partial charge in [-0.1, -0.05) is 20.3 Å². The van der Waals surface area contributed by atoms with Crippen molar-refractivity contribution < 1.29 is 4.79 Å². The fourth-order valence-electron chi connectivity index (χ4n) is 2.15. The molecule has 2 aliphatic rings. The zero-order chi connectivity index (χ0) is 10.4. The summed E-state index contributed by atoms with van der Waals surface area (Å²) in [5.41, 5.74) is 5.78. The summed E-state index contributed by atoms with van der Waals surface area (Å²) in [5.74, 6) is 0.196. The monoisotopic (exact) mass is 196 g/mol. The average Bonchev–Trinajstić information content (AvgIpc) is 2.57. The lowest BCUT2D eigenvalue weighted by molar-refractivity contribution is -0.135. The summed E-state index contributed by atoms with van der Waals surface area (Å²) in [6.07, 6.45) is 4.21. The van der Waals surface area contributed by atoms with E-state index in [4.69, 9.17) is 5.73 Å². The van der Waals surface area contributed by atoms with Crippen LogP contribution < -0.4 is 11.1 Å². The number of carbonyl (C=O) groups is 1. The molecule has 0 aromatic carbocycles. The van der Waals surface area contributed by atoms with Crippen molar-refractivity contribution in [2.24, 2.45) is 16.6 Å². The van der Waals surface area contributed by atoms with Gasteiger partial charge in [-0.05, 0) is 24.7 Å². The van der Waals surface area contributed by atoms with Crippen molar-refractivity contribution in [1.29, 1.82) is 0 Å². The summed E-state index contributed by atoms with van der Waals surface area (Å²) in [6, 6.07) is 0.388. The molecule has 2 fully saturated rings. The molecule has 0 aromatic rings. The van der Waals surface area contributed by atoms with Gasteiger partial charge in [-0.25, -0.2) is 0 Å². The van der Waals surface area contributed by atoms with Gasteiger partial charge in [0.05, 0.1) is 5.41 Å². The topological polar surface area (TPSA) is 55.1 Å². The quantitative estimate of drug-likeness (QED) is 0.708. The van der Waals surface area contributed by atoms with Gasteiger partial charge in [0.1, 0.15) is 0 Å². The number of nitrogens with one attached hydrogen (secondary N) is 1. The predicted molar refractivity (Wildman–Crippen MR) is 55.7 cm³/mol. The highest BCUT2D eigenvalue weighted by Crippen LogP contribution is 2.46. The Morgan fingerprint density at radius 3 is 2.36 bits per heavy atom. The molecule has 0 spiro atoms. The van der Waals surface area contributed by atoms with Crippen LogP contribution in [0.2, 0.25) is 0 Å². The van der Waals surface area contributed by atoms with Crippen LogP contribution in [0.3, 0.4) is 0 Å². The first-order valence-electron chi connectivity index (χ1n) is 5.51. The van der Waals surface area contributed by atoms with Crippen molar-refractivity contribution in [3.05, 3.63) is 0 Å². The fraction of sp³-hybridized carbons (Fsp3) is 0.909. The molecule has 3 nitrogen and oxygen atoms in total. The van der Waals surface area contributed by atoms with Crippen LogP contribution in [-0.4, -0.2) is 18.5 Å². The van der Waals surface area contributed by atoms with Gasteiger partial charge in [0.15, 0.2) is 0 Å². The van der Waals surface area contributed by atoms with E-state index in [1.54, 1.807) is 0 Å². The molecule has 0 aromatic heterocycles. The van der Waals surface area contributed by atoms with Crippen LogP contribution in [0.5, 0.6) is 0 Å². The zero-order valence-electron chi connectivity index (χ0n) is 9.10. The second-order valence-electron chi connectivity index (χ2n) is 5.56. The SMILES string of the molecule is CC1(C)CC1NC(=O)C1(CN)CCC1. The Morgan fingerprint density at radius 2 is 2.07 bits per heavy atom. The van der Waals surface area contributed by atoms with E-state index in [0.29, 0.717) is 18.0 Å². The van der Waals surface area contributed by atoms with E-state index in [0.717, 1.165) is 25.7 Å². The maximum Gasteiger partial charge on any atom is 0.227 e. The zero-order valence-corrected chi connectivity index (χ0v) is 9.10. The Bertz CT molecular complexity index is 251. The molecule has 3 N–H and O–H groups in total. The predicted octanol–water partition coefficient (Wildman–Crippen LogP) is 1.03. The molecule has 0 saturated heterocycles. The molecule has 14 heavy (non-hydrogen) atoms. The van der Waals surface area contributed by atoms with Crippen LogP contribution in [0.15, 0.2) is 0 Å². The lowest BCUT2D eigenvalue weighted by Gasteiger charge is -2.39. The van der Waals surface area contributed by atoms with Gasteiger partial charge in [0, 0.05) is 12.6 Å². The molecule has 1 unspecified atom stereocenters. The minimum Gasteiger partial charge on any atom is -0.352 e. The van der Waals surface area contributed by atoms with Crippen LogP contribution >= 0.6 is 0 Å². The van der Waals surface area contributed by atoms with Crippen LogP contribution in [0.4, 0.5) is 0 Å². The average molecular weight is 196 g/mol. The van der Waals surface area contributed by atoms with Crippen molar-refractivity contribution >= 4 is 5.91 Å². The largest absolute Gasteiger partial charge is 0.352 e. The fourth-order valence-corrected chi connectivity index (χ4v) is 2.15. The van der Waals surface area contributed by atoms with Crippen molar-refractivity contribution in [3.63, 3.8) is 0 Å². The summed E-state index contributed by atoms with van der Waals surface area (Å²) in [5, 5.41) is 3.12. The lowest BCUT2D eigenvalue weighted by atomic mass is 9.68. The van der Waals surface area contributed by atoms with E-state index in [9.17, 15) is 4.79 Å². The molecule has 1 amide bonds. The molecule has 0 aliphatic heterocycles. The standard InChI is InChI=1S/C11H20N2O/c1-10(2)6-8(10)13-9(14)11(7-12)4-3-5-11/h8H,3-7,12H2,1-2H3,(H,13,14). The Labute approximate surface area is 85.4 Å². The third-order valence-electron chi connectivity index (χ3n) is 4.00. The van der Waals surface area contributed by atoms with Gasteiger partial charge >= 0.3 is 0 Å². The minimum atomic E-state index is -0.210. The van der Waals surface area contributed by atoms with Gasteiger partial charge in [0.2, 0.25) is 5.91 Å². The highest BCUT2D eigenvalue weighted by atomic mass is 16.2. The number of hydrogen-bond donors (Lipinski definition) is 2. The molecule has 2 rings (SSSR count). The highest BCUT2D eigenvalue weighted by molar-refractivity contribution is 5.84. The first kappa shape index (κ1) is 9.97. The van der Waals surface area contributed by atoms with Gasteiger partial charge in [-0.2, -0.15) is 0 Å². The molecular weight excluding hydrogens is 176 g/mol. The molecule has 3 heteroatoms. The van der Waals surface area contributed by atoms with Crippen molar-refractivity contribution in [2.45, 2.75) is 45.6 Å². The van der Waals surface area contributed by atoms with E-state index in [2.05, 4.69) is 19.2 Å². The molecule has 1 atom stereocenters. The number of hydrogen-bond acceptors (Lipinski definition) is 2. The van der Waals surface area contributed by atoms with Crippen LogP contribution in [0.25, 0.3) is 0 Å². The minimum absolute atomic E-state index is 0.196. The summed E-state index contributed by atoms with van der Waals surface area (Å²) < 4.78 is 0. The second-order valence-corrected chi connectivity index (χ2v) is 5.56. The van der Waals surface area contributed by atoms with E-state index < -0.39 is 0 Å². The maximum absolute atomic E-state index is 11.9. The molecule has 0 bridgehead atoms. The first-order chi connectivity index (χ1) is 6.50. The molecule has 0 radical (unpaired) electrons. The number of rotatable bonds is 3. The molecular formula is C11H20N2O. The van der Waals surface area contributed by atoms with E-state index >= 15 is 0 Å². The van der Waals surface area contributed by atoms with E-state index in [1.807, 2.05) is 0 Å². The number of carbonyl (C=O) groups excluding carboxylic acids is 1. The highest BCUT2D eigenvalue weighted by Gasteiger charge is 2.50. The summed E-state index contributed by atoms with van der Waals surface area (Å²) in [4.78, 5) is 11.9. The summed E-state index contributed by atoms with van der Waals surface area (Å²) in [7, 11) is 0. The lowest BCUT2D eigenvalue weighted by Crippen LogP contribution is -2.51. The molecule has 80 valence electrons. The smallest absolute Gasteiger partial charge is 0.227 e. The van der Waals surface area contributed by atoms with Gasteiger partial charge in [0.25, 0.3) is 0 Å². The Balaban J connectivity index is 1.90. The number of nitrogens with two attached hydrogens (primary N) is 1. The van der Waals surface area contributed by atoms with Crippen LogP contribution in [-0.2, 0) is 4.79 Å². The van der Waals surface area contributed by atoms with Crippen molar-refractivity contribution in [2.75, 3.05) is 6.54 Å². The van der Waals surface area contributed by atoms with E-state index in [1.165, 1.54) is 0 Å². The third-order valence-corrected chi connectivity index (χ3v) is 4.00.